The summed E-state index contributed by atoms with van der Waals surface area (Å²) >= 11 is 0. The number of hydrogen-bond acceptors (Lipinski definition) is 3. The molecule has 1 aliphatic rings. The Morgan fingerprint density at radius 3 is 1.90 bits per heavy atom. The molecule has 0 saturated heterocycles. The van der Waals surface area contributed by atoms with E-state index in [1.54, 1.807) is 0 Å². The topological polar surface area (TPSA) is 78.4 Å². The lowest BCUT2D eigenvalue weighted by molar-refractivity contribution is -0.113. The minimum Gasteiger partial charge on any atom is -0.507 e. The Morgan fingerprint density at radius 1 is 0.935 bits per heavy atom. The Balaban J connectivity index is 2.32. The molecule has 1 heterocycles. The number of hydrogen-bond donors (Lipinski definition) is 3. The van der Waals surface area contributed by atoms with Crippen LogP contribution in [0.2, 0.25) is 0 Å². The molecule has 5 nitrogen and oxygen atoms in total. The number of rotatable bonds is 3. The van der Waals surface area contributed by atoms with E-state index in [0.29, 0.717) is 11.3 Å². The van der Waals surface area contributed by atoms with Gasteiger partial charge in [0.1, 0.15) is 5.75 Å². The van der Waals surface area contributed by atoms with Crippen LogP contribution in [-0.4, -0.2) is 16.9 Å². The average Bonchev–Trinajstić information content (AvgIpc) is 2.66. The van der Waals surface area contributed by atoms with Crippen LogP contribution in [0.4, 0.5) is 4.79 Å². The highest BCUT2D eigenvalue weighted by atomic mass is 16.3. The normalized spacial score (nSPS) is 17.3. The molecule has 1 aliphatic heterocycles. The molecule has 0 aromatic heterocycles. The van der Waals surface area contributed by atoms with Gasteiger partial charge in [-0.05, 0) is 52.1 Å². The van der Waals surface area contributed by atoms with E-state index in [0.717, 1.165) is 22.3 Å². The number of ketones is 1. The Kier molecular flexibility index (Phi) is 5.74. The zero-order valence-electron chi connectivity index (χ0n) is 19.4. The molecule has 2 amide bonds. The SMILES string of the molecule is CC(=O)C1=C(c2ccccc2)NC(=O)N[C@@H]1c1cc(C(C)(C)C)c(O)c(C(C)(C)C)c1. The number of carbonyl (C=O) groups is 2. The van der Waals surface area contributed by atoms with Crippen LogP contribution in [-0.2, 0) is 15.6 Å². The lowest BCUT2D eigenvalue weighted by Crippen LogP contribution is -2.45. The molecule has 0 unspecified atom stereocenters. The van der Waals surface area contributed by atoms with E-state index in [1.165, 1.54) is 6.92 Å². The molecule has 2 aromatic carbocycles. The summed E-state index contributed by atoms with van der Waals surface area (Å²) in [6.45, 7) is 13.7. The monoisotopic (exact) mass is 420 g/mol. The summed E-state index contributed by atoms with van der Waals surface area (Å²) in [5, 5.41) is 16.8. The Hall–Kier alpha value is -3.08. The molecule has 3 N–H and O–H groups in total. The number of phenols is 1. The van der Waals surface area contributed by atoms with Crippen molar-refractivity contribution in [2.45, 2.75) is 65.3 Å². The molecule has 0 saturated carbocycles. The van der Waals surface area contributed by atoms with Gasteiger partial charge in [-0.2, -0.15) is 0 Å². The quantitative estimate of drug-likeness (QED) is 0.627. The predicted molar refractivity (Wildman–Crippen MR) is 124 cm³/mol. The van der Waals surface area contributed by atoms with Gasteiger partial charge in [-0.1, -0.05) is 71.9 Å². The van der Waals surface area contributed by atoms with Gasteiger partial charge in [0.15, 0.2) is 5.78 Å². The van der Waals surface area contributed by atoms with E-state index in [9.17, 15) is 14.7 Å². The molecule has 2 aromatic rings. The summed E-state index contributed by atoms with van der Waals surface area (Å²) in [5.74, 6) is 0.139. The maximum absolute atomic E-state index is 12.8. The highest BCUT2D eigenvalue weighted by Crippen LogP contribution is 2.42. The standard InChI is InChI=1S/C26H32N2O3/c1-15(29)20-21(16-11-9-8-10-12-16)27-24(31)28-22(20)17-13-18(25(2,3)4)23(30)19(14-17)26(5,6)7/h8-14,22,30H,1-7H3,(H2,27,28,31)/t22-/m1/s1. The van der Waals surface area contributed by atoms with E-state index in [4.69, 9.17) is 0 Å². The zero-order valence-corrected chi connectivity index (χ0v) is 19.4. The predicted octanol–water partition coefficient (Wildman–Crippen LogP) is 5.34. The van der Waals surface area contributed by atoms with Gasteiger partial charge in [0.05, 0.1) is 11.7 Å². The molecule has 164 valence electrons. The molecule has 31 heavy (non-hydrogen) atoms. The zero-order chi connectivity index (χ0) is 23.1. The van der Waals surface area contributed by atoms with Crippen molar-refractivity contribution in [3.8, 4) is 5.75 Å². The molecular formula is C26H32N2O3. The third kappa shape index (κ3) is 4.50. The number of carbonyl (C=O) groups excluding carboxylic acids is 2. The maximum atomic E-state index is 12.8. The highest BCUT2D eigenvalue weighted by molar-refractivity contribution is 6.07. The van der Waals surface area contributed by atoms with Crippen molar-refractivity contribution in [2.75, 3.05) is 0 Å². The van der Waals surface area contributed by atoms with Gasteiger partial charge < -0.3 is 15.7 Å². The number of benzene rings is 2. The van der Waals surface area contributed by atoms with Crippen LogP contribution < -0.4 is 10.6 Å². The number of amides is 2. The molecule has 1 atom stereocenters. The fourth-order valence-electron chi connectivity index (χ4n) is 3.99. The van der Waals surface area contributed by atoms with Crippen molar-refractivity contribution in [3.63, 3.8) is 0 Å². The second kappa shape index (κ2) is 7.88. The first-order valence-electron chi connectivity index (χ1n) is 10.6. The third-order valence-electron chi connectivity index (χ3n) is 5.60. The minimum atomic E-state index is -0.621. The van der Waals surface area contributed by atoms with Crippen LogP contribution in [0.3, 0.4) is 0 Å². The molecule has 0 bridgehead atoms. The molecule has 0 fully saturated rings. The highest BCUT2D eigenvalue weighted by Gasteiger charge is 2.34. The average molecular weight is 421 g/mol. The largest absolute Gasteiger partial charge is 0.507 e. The van der Waals surface area contributed by atoms with Gasteiger partial charge in [0.2, 0.25) is 0 Å². The summed E-state index contributed by atoms with van der Waals surface area (Å²) in [6, 6.07) is 12.2. The van der Waals surface area contributed by atoms with Crippen molar-refractivity contribution >= 4 is 17.5 Å². The summed E-state index contributed by atoms with van der Waals surface area (Å²) in [7, 11) is 0. The van der Waals surface area contributed by atoms with E-state index in [1.807, 2.05) is 84.0 Å². The Bertz CT molecular complexity index is 1020. The number of Topliss-reactive ketones (excluding diaryl/α,β-unsaturated/α-hetero) is 1. The Labute approximate surface area is 184 Å². The van der Waals surface area contributed by atoms with E-state index >= 15 is 0 Å². The van der Waals surface area contributed by atoms with Crippen LogP contribution in [0.1, 0.15) is 76.8 Å². The smallest absolute Gasteiger partial charge is 0.320 e. The molecule has 5 heteroatoms. The van der Waals surface area contributed by atoms with Crippen LogP contribution in [0.15, 0.2) is 48.0 Å². The number of nitrogens with one attached hydrogen (secondary N) is 2. The van der Waals surface area contributed by atoms with E-state index in [-0.39, 0.29) is 28.4 Å². The van der Waals surface area contributed by atoms with Gasteiger partial charge in [0.25, 0.3) is 0 Å². The van der Waals surface area contributed by atoms with Gasteiger partial charge in [-0.25, -0.2) is 4.79 Å². The van der Waals surface area contributed by atoms with Crippen molar-refractivity contribution in [1.82, 2.24) is 10.6 Å². The number of phenolic OH excluding ortho intramolecular Hbond substituents is 1. The Morgan fingerprint density at radius 2 is 1.45 bits per heavy atom. The van der Waals surface area contributed by atoms with Crippen LogP contribution in [0.25, 0.3) is 5.70 Å². The first-order valence-corrected chi connectivity index (χ1v) is 10.6. The van der Waals surface area contributed by atoms with Crippen LogP contribution in [0.5, 0.6) is 5.75 Å². The maximum Gasteiger partial charge on any atom is 0.320 e. The summed E-state index contributed by atoms with van der Waals surface area (Å²) in [4.78, 5) is 25.4. The molecule has 0 radical (unpaired) electrons. The fourth-order valence-corrected chi connectivity index (χ4v) is 3.99. The molecule has 0 aliphatic carbocycles. The van der Waals surface area contributed by atoms with E-state index < -0.39 is 6.04 Å². The number of aromatic hydroxyl groups is 1. The van der Waals surface area contributed by atoms with Gasteiger partial charge >= 0.3 is 6.03 Å². The lowest BCUT2D eigenvalue weighted by atomic mass is 9.76. The summed E-state index contributed by atoms with van der Waals surface area (Å²) in [5.41, 5.74) is 3.50. The van der Waals surface area contributed by atoms with Crippen molar-refractivity contribution in [1.29, 1.82) is 0 Å². The summed E-state index contributed by atoms with van der Waals surface area (Å²) < 4.78 is 0. The van der Waals surface area contributed by atoms with Crippen molar-refractivity contribution in [2.24, 2.45) is 0 Å². The van der Waals surface area contributed by atoms with Crippen molar-refractivity contribution < 1.29 is 14.7 Å². The second-order valence-corrected chi connectivity index (χ2v) is 10.2. The first kappa shape index (κ1) is 22.6. The lowest BCUT2D eigenvalue weighted by Gasteiger charge is -2.33. The van der Waals surface area contributed by atoms with Gasteiger partial charge in [0, 0.05) is 5.57 Å². The minimum absolute atomic E-state index is 0.126. The molecule has 0 spiro atoms. The van der Waals surface area contributed by atoms with Crippen molar-refractivity contribution in [3.05, 3.63) is 70.3 Å². The number of urea groups is 1. The molecular weight excluding hydrogens is 388 g/mol. The van der Waals surface area contributed by atoms with E-state index in [2.05, 4.69) is 10.6 Å². The van der Waals surface area contributed by atoms with Gasteiger partial charge in [-0.15, -0.1) is 0 Å². The van der Waals surface area contributed by atoms with Crippen LogP contribution in [0, 0.1) is 0 Å². The fraction of sp³-hybridized carbons (Fsp3) is 0.385. The molecule has 3 rings (SSSR count). The third-order valence-corrected chi connectivity index (χ3v) is 5.60. The first-order chi connectivity index (χ1) is 14.3. The van der Waals surface area contributed by atoms with Gasteiger partial charge in [-0.3, -0.25) is 4.79 Å². The summed E-state index contributed by atoms with van der Waals surface area (Å²) in [6.07, 6.45) is 0. The second-order valence-electron chi connectivity index (χ2n) is 10.2. The van der Waals surface area contributed by atoms with Crippen LogP contribution >= 0.6 is 0 Å².